The van der Waals surface area contributed by atoms with Crippen LogP contribution >= 0.6 is 11.8 Å². The van der Waals surface area contributed by atoms with Crippen molar-refractivity contribution in [2.75, 3.05) is 12.4 Å². The summed E-state index contributed by atoms with van der Waals surface area (Å²) in [6.07, 6.45) is 3.81. The molecule has 112 valence electrons. The maximum Gasteiger partial charge on any atom is 0.227 e. The van der Waals surface area contributed by atoms with E-state index in [0.29, 0.717) is 23.3 Å². The normalized spacial score (nSPS) is 18.2. The third-order valence-corrected chi connectivity index (χ3v) is 4.20. The molecule has 21 heavy (non-hydrogen) atoms. The highest BCUT2D eigenvalue weighted by Gasteiger charge is 2.22. The minimum atomic E-state index is -0.383. The van der Waals surface area contributed by atoms with E-state index in [1.165, 1.54) is 11.8 Å². The third-order valence-electron chi connectivity index (χ3n) is 3.21. The number of rotatable bonds is 6. The predicted molar refractivity (Wildman–Crippen MR) is 76.6 cm³/mol. The number of aromatic nitrogens is 3. The van der Waals surface area contributed by atoms with Crippen molar-refractivity contribution in [1.82, 2.24) is 14.8 Å². The smallest absolute Gasteiger partial charge is 0.227 e. The van der Waals surface area contributed by atoms with Crippen LogP contribution in [-0.4, -0.2) is 39.1 Å². The number of carbonyl (C=O) groups is 1. The second kappa shape index (κ2) is 6.31. The first kappa shape index (κ1) is 14.2. The molecular weight excluding hydrogens is 292 g/mol. The van der Waals surface area contributed by atoms with Crippen LogP contribution < -0.4 is 5.73 Å². The molecule has 0 bridgehead atoms. The topological polar surface area (TPSA) is 96.2 Å². The molecule has 3 heterocycles. The van der Waals surface area contributed by atoms with Gasteiger partial charge >= 0.3 is 0 Å². The Morgan fingerprint density at radius 1 is 1.52 bits per heavy atom. The van der Waals surface area contributed by atoms with Gasteiger partial charge in [-0.05, 0) is 25.0 Å². The maximum atomic E-state index is 11.0. The third kappa shape index (κ3) is 3.27. The van der Waals surface area contributed by atoms with E-state index in [-0.39, 0.29) is 17.8 Å². The molecule has 1 aliphatic heterocycles. The summed E-state index contributed by atoms with van der Waals surface area (Å²) in [4.78, 5) is 11.0. The Morgan fingerprint density at radius 3 is 3.10 bits per heavy atom. The van der Waals surface area contributed by atoms with Crippen LogP contribution in [0.1, 0.15) is 12.8 Å². The molecule has 2 aromatic rings. The van der Waals surface area contributed by atoms with Crippen molar-refractivity contribution in [2.45, 2.75) is 30.6 Å². The van der Waals surface area contributed by atoms with E-state index in [0.717, 1.165) is 19.4 Å². The average Bonchev–Trinajstić information content (AvgIpc) is 3.18. The summed E-state index contributed by atoms with van der Waals surface area (Å²) in [5, 5.41) is 8.96. The van der Waals surface area contributed by atoms with E-state index in [9.17, 15) is 4.79 Å². The van der Waals surface area contributed by atoms with Crippen molar-refractivity contribution in [3.8, 4) is 11.6 Å². The second-order valence-electron chi connectivity index (χ2n) is 4.78. The fraction of sp³-hybridized carbons (Fsp3) is 0.462. The van der Waals surface area contributed by atoms with E-state index in [1.54, 1.807) is 12.3 Å². The first-order valence-corrected chi connectivity index (χ1v) is 7.72. The van der Waals surface area contributed by atoms with Crippen molar-refractivity contribution in [1.29, 1.82) is 0 Å². The minimum Gasteiger partial charge on any atom is -0.461 e. The molecule has 0 aromatic carbocycles. The van der Waals surface area contributed by atoms with Crippen molar-refractivity contribution >= 4 is 17.7 Å². The lowest BCUT2D eigenvalue weighted by Crippen LogP contribution is -2.18. The highest BCUT2D eigenvalue weighted by molar-refractivity contribution is 7.99. The molecule has 0 radical (unpaired) electrons. The Hall–Kier alpha value is -1.80. The van der Waals surface area contributed by atoms with Gasteiger partial charge in [-0.2, -0.15) is 0 Å². The fourth-order valence-corrected chi connectivity index (χ4v) is 2.96. The van der Waals surface area contributed by atoms with Gasteiger partial charge in [0, 0.05) is 6.61 Å². The fourth-order valence-electron chi connectivity index (χ4n) is 2.28. The highest BCUT2D eigenvalue weighted by Crippen LogP contribution is 2.26. The summed E-state index contributed by atoms with van der Waals surface area (Å²) in [5.41, 5.74) is 5.19. The largest absolute Gasteiger partial charge is 0.461 e. The number of thioether (sulfide) groups is 1. The molecule has 7 nitrogen and oxygen atoms in total. The Morgan fingerprint density at radius 2 is 2.43 bits per heavy atom. The molecule has 1 amide bonds. The Bertz CT molecular complexity index is 605. The number of hydrogen-bond donors (Lipinski definition) is 1. The lowest BCUT2D eigenvalue weighted by Gasteiger charge is -2.13. The number of primary amides is 1. The molecule has 0 spiro atoms. The van der Waals surface area contributed by atoms with Crippen molar-refractivity contribution in [2.24, 2.45) is 5.73 Å². The lowest BCUT2D eigenvalue weighted by molar-refractivity contribution is -0.115. The average molecular weight is 308 g/mol. The molecule has 0 saturated carbocycles. The van der Waals surface area contributed by atoms with Gasteiger partial charge < -0.3 is 14.9 Å². The second-order valence-corrected chi connectivity index (χ2v) is 5.73. The van der Waals surface area contributed by atoms with Crippen LogP contribution in [0.3, 0.4) is 0 Å². The Labute approximate surface area is 125 Å². The molecule has 2 aromatic heterocycles. The molecule has 0 unspecified atom stereocenters. The first-order valence-electron chi connectivity index (χ1n) is 6.74. The van der Waals surface area contributed by atoms with Gasteiger partial charge in [-0.25, -0.2) is 0 Å². The van der Waals surface area contributed by atoms with E-state index in [4.69, 9.17) is 14.9 Å². The van der Waals surface area contributed by atoms with E-state index >= 15 is 0 Å². The lowest BCUT2D eigenvalue weighted by atomic mass is 10.2. The first-order chi connectivity index (χ1) is 10.2. The van der Waals surface area contributed by atoms with Crippen LogP contribution in [0, 0.1) is 0 Å². The quantitative estimate of drug-likeness (QED) is 0.808. The Kier molecular flexibility index (Phi) is 4.26. The summed E-state index contributed by atoms with van der Waals surface area (Å²) in [6, 6.07) is 3.63. The standard InChI is InChI=1S/C13H16N4O3S/c14-11(18)8-21-13-16-15-12(10-4-2-6-20-10)17(13)7-9-3-1-5-19-9/h2,4,6,9H,1,3,5,7-8H2,(H2,14,18)/t9-/m1/s1. The zero-order valence-corrected chi connectivity index (χ0v) is 12.2. The van der Waals surface area contributed by atoms with E-state index in [1.807, 2.05) is 10.6 Å². The van der Waals surface area contributed by atoms with Crippen LogP contribution in [0.15, 0.2) is 28.0 Å². The van der Waals surface area contributed by atoms with Gasteiger partial charge in [0.1, 0.15) is 0 Å². The number of hydrogen-bond acceptors (Lipinski definition) is 6. The number of nitrogens with zero attached hydrogens (tertiary/aromatic N) is 3. The number of ether oxygens (including phenoxy) is 1. The summed E-state index contributed by atoms with van der Waals surface area (Å²) < 4.78 is 13.0. The van der Waals surface area contributed by atoms with Crippen molar-refractivity contribution < 1.29 is 13.9 Å². The van der Waals surface area contributed by atoms with Crippen molar-refractivity contribution in [3.05, 3.63) is 18.4 Å². The van der Waals surface area contributed by atoms with Gasteiger partial charge in [0.25, 0.3) is 0 Å². The molecule has 1 saturated heterocycles. The van der Waals surface area contributed by atoms with Crippen LogP contribution in [-0.2, 0) is 16.1 Å². The predicted octanol–water partition coefficient (Wildman–Crippen LogP) is 1.29. The van der Waals surface area contributed by atoms with Crippen LogP contribution in [0.25, 0.3) is 11.6 Å². The zero-order chi connectivity index (χ0) is 14.7. The van der Waals surface area contributed by atoms with Gasteiger partial charge in [0.2, 0.25) is 11.7 Å². The van der Waals surface area contributed by atoms with Crippen LogP contribution in [0.2, 0.25) is 0 Å². The summed E-state index contributed by atoms with van der Waals surface area (Å²) in [5.74, 6) is 1.07. The summed E-state index contributed by atoms with van der Waals surface area (Å²) >= 11 is 1.27. The van der Waals surface area contributed by atoms with Gasteiger partial charge in [-0.3, -0.25) is 9.36 Å². The van der Waals surface area contributed by atoms with Crippen LogP contribution in [0.5, 0.6) is 0 Å². The molecule has 8 heteroatoms. The SMILES string of the molecule is NC(=O)CSc1nnc(-c2ccco2)n1C[C@H]1CCCO1. The summed E-state index contributed by atoms with van der Waals surface area (Å²) in [6.45, 7) is 1.43. The van der Waals surface area contributed by atoms with E-state index < -0.39 is 0 Å². The van der Waals surface area contributed by atoms with Gasteiger partial charge in [0.05, 0.1) is 24.7 Å². The molecule has 1 fully saturated rings. The molecule has 1 atom stereocenters. The van der Waals surface area contributed by atoms with E-state index in [2.05, 4.69) is 10.2 Å². The van der Waals surface area contributed by atoms with Gasteiger partial charge in [-0.15, -0.1) is 10.2 Å². The minimum absolute atomic E-state index is 0.141. The molecular formula is C13H16N4O3S. The number of nitrogens with two attached hydrogens (primary N) is 1. The van der Waals surface area contributed by atoms with Gasteiger partial charge in [0.15, 0.2) is 10.9 Å². The van der Waals surface area contributed by atoms with Crippen molar-refractivity contribution in [3.63, 3.8) is 0 Å². The number of amides is 1. The molecule has 2 N–H and O–H groups in total. The zero-order valence-electron chi connectivity index (χ0n) is 11.4. The summed E-state index contributed by atoms with van der Waals surface area (Å²) in [7, 11) is 0. The number of carbonyl (C=O) groups excluding carboxylic acids is 1. The monoisotopic (exact) mass is 308 g/mol. The molecule has 0 aliphatic carbocycles. The maximum absolute atomic E-state index is 11.0. The number of furan rings is 1. The van der Waals surface area contributed by atoms with Gasteiger partial charge in [-0.1, -0.05) is 11.8 Å². The van der Waals surface area contributed by atoms with Crippen LogP contribution in [0.4, 0.5) is 0 Å². The molecule has 3 rings (SSSR count). The molecule has 1 aliphatic rings. The highest BCUT2D eigenvalue weighted by atomic mass is 32.2. The Balaban J connectivity index is 1.86.